The number of aryl methyl sites for hydroxylation is 2. The first kappa shape index (κ1) is 14.8. The first-order valence-corrected chi connectivity index (χ1v) is 8.38. The number of aromatic nitrogens is 1. The fourth-order valence-electron chi connectivity index (χ4n) is 2.27. The average molecular weight is 306 g/mol. The van der Waals surface area contributed by atoms with Crippen LogP contribution in [0.3, 0.4) is 0 Å². The van der Waals surface area contributed by atoms with Crippen LogP contribution in [0.1, 0.15) is 40.5 Å². The molecule has 0 unspecified atom stereocenters. The van der Waals surface area contributed by atoms with Gasteiger partial charge < -0.3 is 14.5 Å². The molecule has 2 aromatic heterocycles. The van der Waals surface area contributed by atoms with Crippen LogP contribution in [0.5, 0.6) is 0 Å². The molecule has 0 aromatic carbocycles. The van der Waals surface area contributed by atoms with Crippen molar-refractivity contribution in [1.29, 1.82) is 0 Å². The first-order valence-electron chi connectivity index (χ1n) is 7.50. The van der Waals surface area contributed by atoms with Gasteiger partial charge in [0.05, 0.1) is 24.4 Å². The van der Waals surface area contributed by atoms with Crippen LogP contribution in [0.25, 0.3) is 0 Å². The van der Waals surface area contributed by atoms with Gasteiger partial charge in [0.25, 0.3) is 0 Å². The van der Waals surface area contributed by atoms with Gasteiger partial charge in [0.2, 0.25) is 0 Å². The summed E-state index contributed by atoms with van der Waals surface area (Å²) in [7, 11) is 0. The highest BCUT2D eigenvalue weighted by Gasteiger charge is 2.21. The second-order valence-corrected chi connectivity index (χ2v) is 6.58. The Morgan fingerprint density at radius 3 is 3.00 bits per heavy atom. The zero-order chi connectivity index (χ0) is 14.7. The Hall–Kier alpha value is -1.17. The van der Waals surface area contributed by atoms with Gasteiger partial charge in [0.15, 0.2) is 0 Å². The maximum absolute atomic E-state index is 5.86. The predicted octanol–water partition coefficient (Wildman–Crippen LogP) is 3.36. The lowest BCUT2D eigenvalue weighted by molar-refractivity contribution is 0.108. The van der Waals surface area contributed by atoms with E-state index in [0.29, 0.717) is 19.3 Å². The van der Waals surface area contributed by atoms with Gasteiger partial charge in [-0.1, -0.05) is 0 Å². The van der Waals surface area contributed by atoms with E-state index < -0.39 is 0 Å². The largest absolute Gasteiger partial charge is 0.462 e. The smallest absolute Gasteiger partial charge is 0.130 e. The van der Waals surface area contributed by atoms with E-state index in [1.165, 1.54) is 23.3 Å². The Kier molecular flexibility index (Phi) is 4.73. The minimum Gasteiger partial charge on any atom is -0.462 e. The molecule has 4 nitrogen and oxygen atoms in total. The highest BCUT2D eigenvalue weighted by molar-refractivity contribution is 7.09. The molecule has 114 valence electrons. The van der Waals surface area contributed by atoms with Crippen molar-refractivity contribution < 1.29 is 9.15 Å². The number of hydrogen-bond acceptors (Lipinski definition) is 5. The minimum absolute atomic E-state index is 0.544. The van der Waals surface area contributed by atoms with E-state index in [-0.39, 0.29) is 0 Å². The van der Waals surface area contributed by atoms with Crippen LogP contribution in [0.4, 0.5) is 0 Å². The first-order chi connectivity index (χ1) is 10.2. The number of rotatable bonds is 8. The molecule has 0 amide bonds. The molecule has 0 spiro atoms. The highest BCUT2D eigenvalue weighted by Crippen LogP contribution is 2.21. The Morgan fingerprint density at radius 1 is 1.43 bits per heavy atom. The molecule has 1 aliphatic carbocycles. The van der Waals surface area contributed by atoms with Gasteiger partial charge in [-0.05, 0) is 38.3 Å². The van der Waals surface area contributed by atoms with Crippen molar-refractivity contribution in [3.8, 4) is 0 Å². The fourth-order valence-corrected chi connectivity index (χ4v) is 3.03. The van der Waals surface area contributed by atoms with Crippen molar-refractivity contribution in [2.24, 2.45) is 0 Å². The summed E-state index contributed by atoms with van der Waals surface area (Å²) in [5.41, 5.74) is 4.21. The molecule has 3 rings (SSSR count). The van der Waals surface area contributed by atoms with Gasteiger partial charge in [0.1, 0.15) is 18.1 Å². The fraction of sp³-hybridized carbons (Fsp3) is 0.562. The van der Waals surface area contributed by atoms with Gasteiger partial charge in [0, 0.05) is 17.3 Å². The van der Waals surface area contributed by atoms with Crippen LogP contribution in [0.15, 0.2) is 16.0 Å². The molecular formula is C16H22N2O2S. The Morgan fingerprint density at radius 2 is 2.29 bits per heavy atom. The number of nitrogens with zero attached hydrogens (tertiary/aromatic N) is 1. The second kappa shape index (κ2) is 6.73. The summed E-state index contributed by atoms with van der Waals surface area (Å²) >= 11 is 1.69. The zero-order valence-corrected chi connectivity index (χ0v) is 13.5. The van der Waals surface area contributed by atoms with Crippen LogP contribution in [0, 0.1) is 13.8 Å². The van der Waals surface area contributed by atoms with Gasteiger partial charge in [-0.3, -0.25) is 0 Å². The standard InChI is InChI=1S/C16H22N2O2S/c1-11-7-14(20-15(11)8-17-13-3-4-13)9-19-6-5-16-12(2)18-10-21-16/h7,10,13,17H,3-6,8-9H2,1-2H3. The maximum atomic E-state index is 5.86. The van der Waals surface area contributed by atoms with E-state index in [1.807, 2.05) is 12.4 Å². The second-order valence-electron chi connectivity index (χ2n) is 5.64. The topological polar surface area (TPSA) is 47.3 Å². The van der Waals surface area contributed by atoms with Crippen molar-refractivity contribution in [1.82, 2.24) is 10.3 Å². The lowest BCUT2D eigenvalue weighted by Crippen LogP contribution is -2.15. The molecule has 21 heavy (non-hydrogen) atoms. The third kappa shape index (κ3) is 4.15. The van der Waals surface area contributed by atoms with Crippen LogP contribution in [0.2, 0.25) is 0 Å². The molecule has 1 saturated carbocycles. The summed E-state index contributed by atoms with van der Waals surface area (Å²) in [5, 5.41) is 3.48. The third-order valence-electron chi connectivity index (χ3n) is 3.76. The van der Waals surface area contributed by atoms with Crippen molar-refractivity contribution in [2.75, 3.05) is 6.61 Å². The monoisotopic (exact) mass is 306 g/mol. The summed E-state index contributed by atoms with van der Waals surface area (Å²) < 4.78 is 11.6. The lowest BCUT2D eigenvalue weighted by Gasteiger charge is -2.02. The van der Waals surface area contributed by atoms with Gasteiger partial charge in [-0.25, -0.2) is 4.98 Å². The summed E-state index contributed by atoms with van der Waals surface area (Å²) in [5.74, 6) is 1.96. The lowest BCUT2D eigenvalue weighted by atomic mass is 10.2. The summed E-state index contributed by atoms with van der Waals surface area (Å²) in [6.07, 6.45) is 3.52. The molecule has 0 bridgehead atoms. The average Bonchev–Trinajstić information content (AvgIpc) is 3.11. The number of hydrogen-bond donors (Lipinski definition) is 1. The van der Waals surface area contributed by atoms with Crippen LogP contribution in [-0.2, 0) is 24.3 Å². The van der Waals surface area contributed by atoms with E-state index in [1.54, 1.807) is 11.3 Å². The summed E-state index contributed by atoms with van der Waals surface area (Å²) in [6.45, 7) is 6.22. The number of ether oxygens (including phenoxy) is 1. The van der Waals surface area contributed by atoms with Gasteiger partial charge >= 0.3 is 0 Å². The molecule has 1 aliphatic rings. The number of furan rings is 1. The molecule has 1 N–H and O–H groups in total. The summed E-state index contributed by atoms with van der Waals surface area (Å²) in [6, 6.07) is 2.79. The Balaban J connectivity index is 1.42. The van der Waals surface area contributed by atoms with E-state index in [2.05, 4.69) is 23.3 Å². The predicted molar refractivity (Wildman–Crippen MR) is 83.5 cm³/mol. The molecule has 2 heterocycles. The van der Waals surface area contributed by atoms with Crippen LogP contribution >= 0.6 is 11.3 Å². The van der Waals surface area contributed by atoms with E-state index in [4.69, 9.17) is 9.15 Å². The van der Waals surface area contributed by atoms with E-state index >= 15 is 0 Å². The van der Waals surface area contributed by atoms with Crippen molar-refractivity contribution >= 4 is 11.3 Å². The maximum Gasteiger partial charge on any atom is 0.130 e. The molecule has 2 aromatic rings. The molecule has 0 atom stereocenters. The van der Waals surface area contributed by atoms with Crippen molar-refractivity contribution in [2.45, 2.75) is 52.3 Å². The summed E-state index contributed by atoms with van der Waals surface area (Å²) in [4.78, 5) is 5.55. The van der Waals surface area contributed by atoms with E-state index in [9.17, 15) is 0 Å². The highest BCUT2D eigenvalue weighted by atomic mass is 32.1. The Bertz CT molecular complexity index is 587. The molecule has 0 aliphatic heterocycles. The van der Waals surface area contributed by atoms with Gasteiger partial charge in [-0.2, -0.15) is 0 Å². The quantitative estimate of drug-likeness (QED) is 0.760. The minimum atomic E-state index is 0.544. The van der Waals surface area contributed by atoms with Gasteiger partial charge in [-0.15, -0.1) is 11.3 Å². The number of nitrogens with one attached hydrogen (secondary N) is 1. The normalized spacial score (nSPS) is 14.8. The molecule has 0 radical (unpaired) electrons. The molecule has 1 fully saturated rings. The molecular weight excluding hydrogens is 284 g/mol. The van der Waals surface area contributed by atoms with Crippen molar-refractivity contribution in [3.63, 3.8) is 0 Å². The Labute approximate surface area is 129 Å². The van der Waals surface area contributed by atoms with Crippen LogP contribution < -0.4 is 5.32 Å². The SMILES string of the molecule is Cc1cc(COCCc2scnc2C)oc1CNC1CC1. The van der Waals surface area contributed by atoms with E-state index in [0.717, 1.165) is 30.2 Å². The van der Waals surface area contributed by atoms with Crippen LogP contribution in [-0.4, -0.2) is 17.6 Å². The molecule has 0 saturated heterocycles. The molecule has 5 heteroatoms. The third-order valence-corrected chi connectivity index (χ3v) is 4.76. The number of thiazole rings is 1. The van der Waals surface area contributed by atoms with Crippen molar-refractivity contribution in [3.05, 3.63) is 39.2 Å². The zero-order valence-electron chi connectivity index (χ0n) is 12.6.